The Balaban J connectivity index is 0.00000312. The van der Waals surface area contributed by atoms with Crippen LogP contribution in [0.3, 0.4) is 0 Å². The molecular formula is C19H31ClN2O3. The van der Waals surface area contributed by atoms with E-state index < -0.39 is 0 Å². The van der Waals surface area contributed by atoms with E-state index in [1.165, 1.54) is 0 Å². The number of hydrogen-bond donors (Lipinski definition) is 1. The smallest absolute Gasteiger partial charge is 0.254 e. The van der Waals surface area contributed by atoms with Crippen LogP contribution in [0.4, 0.5) is 0 Å². The number of amides is 1. The van der Waals surface area contributed by atoms with E-state index in [2.05, 4.69) is 6.92 Å². The van der Waals surface area contributed by atoms with Gasteiger partial charge in [-0.2, -0.15) is 0 Å². The molecule has 1 aromatic rings. The Morgan fingerprint density at radius 3 is 2.68 bits per heavy atom. The summed E-state index contributed by atoms with van der Waals surface area (Å²) in [5, 5.41) is 0. The fraction of sp³-hybridized carbons (Fsp3) is 0.632. The third kappa shape index (κ3) is 5.51. The van der Waals surface area contributed by atoms with Crippen molar-refractivity contribution in [3.63, 3.8) is 0 Å². The zero-order chi connectivity index (χ0) is 17.5. The zero-order valence-corrected chi connectivity index (χ0v) is 16.3. The van der Waals surface area contributed by atoms with E-state index in [1.807, 2.05) is 30.9 Å². The van der Waals surface area contributed by atoms with Crippen molar-refractivity contribution in [3.8, 4) is 11.5 Å². The molecule has 2 atom stereocenters. The zero-order valence-electron chi connectivity index (χ0n) is 15.5. The maximum Gasteiger partial charge on any atom is 0.254 e. The predicted molar refractivity (Wildman–Crippen MR) is 103 cm³/mol. The Morgan fingerprint density at radius 2 is 2.04 bits per heavy atom. The average molecular weight is 371 g/mol. The van der Waals surface area contributed by atoms with E-state index in [0.717, 1.165) is 32.2 Å². The first-order chi connectivity index (χ1) is 11.6. The van der Waals surface area contributed by atoms with E-state index >= 15 is 0 Å². The molecule has 1 aliphatic heterocycles. The Labute approximate surface area is 157 Å². The minimum Gasteiger partial charge on any atom is -0.490 e. The van der Waals surface area contributed by atoms with Gasteiger partial charge in [-0.3, -0.25) is 4.79 Å². The molecule has 0 spiro atoms. The number of hydrogen-bond acceptors (Lipinski definition) is 4. The van der Waals surface area contributed by atoms with Crippen LogP contribution in [0.5, 0.6) is 11.5 Å². The highest BCUT2D eigenvalue weighted by atomic mass is 35.5. The molecule has 2 unspecified atom stereocenters. The molecule has 1 aliphatic rings. The highest BCUT2D eigenvalue weighted by molar-refractivity contribution is 5.95. The van der Waals surface area contributed by atoms with Crippen LogP contribution in [0, 0.1) is 0 Å². The van der Waals surface area contributed by atoms with E-state index in [0.29, 0.717) is 30.3 Å². The van der Waals surface area contributed by atoms with Crippen molar-refractivity contribution in [3.05, 3.63) is 23.8 Å². The number of halogens is 1. The maximum absolute atomic E-state index is 13.0. The van der Waals surface area contributed by atoms with Crippen molar-refractivity contribution in [1.82, 2.24) is 4.90 Å². The number of piperidine rings is 1. The van der Waals surface area contributed by atoms with Crippen LogP contribution in [0.2, 0.25) is 0 Å². The molecule has 0 bridgehead atoms. The summed E-state index contributed by atoms with van der Waals surface area (Å²) >= 11 is 0. The molecule has 142 valence electrons. The van der Waals surface area contributed by atoms with Gasteiger partial charge in [0.15, 0.2) is 11.5 Å². The van der Waals surface area contributed by atoms with Crippen LogP contribution in [0.25, 0.3) is 0 Å². The van der Waals surface area contributed by atoms with Gasteiger partial charge in [0.1, 0.15) is 0 Å². The number of nitrogens with zero attached hydrogens (tertiary/aromatic N) is 1. The molecule has 1 fully saturated rings. The fourth-order valence-electron chi connectivity index (χ4n) is 3.16. The Morgan fingerprint density at radius 1 is 1.28 bits per heavy atom. The molecule has 0 saturated carbocycles. The number of rotatable bonds is 7. The van der Waals surface area contributed by atoms with Crippen molar-refractivity contribution in [2.24, 2.45) is 5.73 Å². The summed E-state index contributed by atoms with van der Waals surface area (Å²) in [4.78, 5) is 14.9. The minimum atomic E-state index is -0.0206. The first-order valence-electron chi connectivity index (χ1n) is 9.04. The number of benzene rings is 1. The molecule has 25 heavy (non-hydrogen) atoms. The number of likely N-dealkylation sites (tertiary alicyclic amines) is 1. The Kier molecular flexibility index (Phi) is 9.08. The molecule has 0 aliphatic carbocycles. The molecule has 2 rings (SSSR count). The SMILES string of the molecule is CCCOc1ccc(C(=O)N2CCCCC2C(C)N)cc1OCC.Cl. The van der Waals surface area contributed by atoms with Gasteiger partial charge in [-0.15, -0.1) is 12.4 Å². The molecule has 1 aromatic carbocycles. The van der Waals surface area contributed by atoms with Gasteiger partial charge in [-0.25, -0.2) is 0 Å². The summed E-state index contributed by atoms with van der Waals surface area (Å²) in [5.74, 6) is 1.35. The van der Waals surface area contributed by atoms with Gasteiger partial charge in [0.25, 0.3) is 5.91 Å². The summed E-state index contributed by atoms with van der Waals surface area (Å²) in [6, 6.07) is 5.54. The molecule has 6 heteroatoms. The lowest BCUT2D eigenvalue weighted by Crippen LogP contribution is -2.51. The summed E-state index contributed by atoms with van der Waals surface area (Å²) in [7, 11) is 0. The van der Waals surface area contributed by atoms with Crippen molar-refractivity contribution in [1.29, 1.82) is 0 Å². The summed E-state index contributed by atoms with van der Waals surface area (Å²) in [5.41, 5.74) is 6.73. The van der Waals surface area contributed by atoms with E-state index in [1.54, 1.807) is 6.07 Å². The van der Waals surface area contributed by atoms with Crippen molar-refractivity contribution in [2.45, 2.75) is 58.5 Å². The highest BCUT2D eigenvalue weighted by Gasteiger charge is 2.30. The van der Waals surface area contributed by atoms with Crippen LogP contribution in [-0.4, -0.2) is 42.6 Å². The molecule has 0 radical (unpaired) electrons. The second-order valence-electron chi connectivity index (χ2n) is 6.36. The second kappa shape index (κ2) is 10.5. The molecule has 1 amide bonds. The standard InChI is InChI=1S/C19H30N2O3.ClH/c1-4-12-24-17-10-9-15(13-18(17)23-5-2)19(22)21-11-7-6-8-16(21)14(3)20;/h9-10,13-14,16H,4-8,11-12,20H2,1-3H3;1H. The highest BCUT2D eigenvalue weighted by Crippen LogP contribution is 2.30. The second-order valence-corrected chi connectivity index (χ2v) is 6.36. The van der Waals surface area contributed by atoms with E-state index in [4.69, 9.17) is 15.2 Å². The van der Waals surface area contributed by atoms with Crippen LogP contribution in [0.1, 0.15) is 56.8 Å². The number of carbonyl (C=O) groups is 1. The summed E-state index contributed by atoms with van der Waals surface area (Å²) in [6.45, 7) is 7.89. The van der Waals surface area contributed by atoms with Gasteiger partial charge in [-0.1, -0.05) is 6.92 Å². The van der Waals surface area contributed by atoms with Crippen molar-refractivity contribution < 1.29 is 14.3 Å². The third-order valence-corrected chi connectivity index (χ3v) is 4.37. The Hall–Kier alpha value is -1.46. The molecule has 1 saturated heterocycles. The minimum absolute atomic E-state index is 0. The quantitative estimate of drug-likeness (QED) is 0.795. The maximum atomic E-state index is 13.0. The van der Waals surface area contributed by atoms with Crippen molar-refractivity contribution in [2.75, 3.05) is 19.8 Å². The summed E-state index contributed by atoms with van der Waals surface area (Å²) in [6.07, 6.45) is 4.06. The summed E-state index contributed by atoms with van der Waals surface area (Å²) < 4.78 is 11.4. The molecule has 2 N–H and O–H groups in total. The topological polar surface area (TPSA) is 64.8 Å². The van der Waals surface area contributed by atoms with Crippen LogP contribution in [0.15, 0.2) is 18.2 Å². The number of carbonyl (C=O) groups excluding carboxylic acids is 1. The van der Waals surface area contributed by atoms with E-state index in [-0.39, 0.29) is 30.4 Å². The van der Waals surface area contributed by atoms with Crippen LogP contribution in [-0.2, 0) is 0 Å². The lowest BCUT2D eigenvalue weighted by atomic mass is 9.96. The average Bonchev–Trinajstić information content (AvgIpc) is 2.60. The Bertz CT molecular complexity index is 551. The van der Waals surface area contributed by atoms with Crippen LogP contribution < -0.4 is 15.2 Å². The lowest BCUT2D eigenvalue weighted by molar-refractivity contribution is 0.0583. The monoisotopic (exact) mass is 370 g/mol. The van der Waals surface area contributed by atoms with Gasteiger partial charge < -0.3 is 20.1 Å². The number of nitrogens with two attached hydrogens (primary N) is 1. The molecule has 1 heterocycles. The molecule has 0 aromatic heterocycles. The normalized spacial score (nSPS) is 18.2. The first-order valence-corrected chi connectivity index (χ1v) is 9.04. The largest absolute Gasteiger partial charge is 0.490 e. The van der Waals surface area contributed by atoms with Gasteiger partial charge in [0, 0.05) is 24.2 Å². The third-order valence-electron chi connectivity index (χ3n) is 4.37. The fourth-order valence-corrected chi connectivity index (χ4v) is 3.16. The van der Waals surface area contributed by atoms with Gasteiger partial charge in [0.05, 0.1) is 13.2 Å². The van der Waals surface area contributed by atoms with Gasteiger partial charge in [0.2, 0.25) is 0 Å². The molecule has 5 nitrogen and oxygen atoms in total. The number of ether oxygens (including phenoxy) is 2. The van der Waals surface area contributed by atoms with Gasteiger partial charge in [-0.05, 0) is 57.7 Å². The lowest BCUT2D eigenvalue weighted by Gasteiger charge is -2.38. The van der Waals surface area contributed by atoms with Crippen LogP contribution >= 0.6 is 12.4 Å². The van der Waals surface area contributed by atoms with E-state index in [9.17, 15) is 4.79 Å². The predicted octanol–water partition coefficient (Wildman–Crippen LogP) is 3.64. The van der Waals surface area contributed by atoms with Gasteiger partial charge >= 0.3 is 0 Å². The molecular weight excluding hydrogens is 340 g/mol. The van der Waals surface area contributed by atoms with Crippen molar-refractivity contribution >= 4 is 18.3 Å². The first kappa shape index (κ1) is 21.6.